The van der Waals surface area contributed by atoms with Crippen LogP contribution in [0.5, 0.6) is 0 Å². The fourth-order valence-electron chi connectivity index (χ4n) is 1.93. The Labute approximate surface area is 107 Å². The fraction of sp³-hybridized carbons (Fsp3) is 0.500. The van der Waals surface area contributed by atoms with Gasteiger partial charge in [0.25, 0.3) is 0 Å². The second kappa shape index (κ2) is 5.12. The summed E-state index contributed by atoms with van der Waals surface area (Å²) in [6.45, 7) is 3.22. The highest BCUT2D eigenvalue weighted by Crippen LogP contribution is 2.46. The Bertz CT molecular complexity index is 432. The van der Waals surface area contributed by atoms with Crippen molar-refractivity contribution in [3.8, 4) is 6.07 Å². The Morgan fingerprint density at radius 1 is 1.53 bits per heavy atom. The maximum absolute atomic E-state index is 8.88. The van der Waals surface area contributed by atoms with Crippen molar-refractivity contribution in [1.82, 2.24) is 5.32 Å². The molecule has 90 valence electrons. The third-order valence-corrected chi connectivity index (χ3v) is 4.91. The van der Waals surface area contributed by atoms with Crippen molar-refractivity contribution < 1.29 is 0 Å². The van der Waals surface area contributed by atoms with Gasteiger partial charge in [0, 0.05) is 17.3 Å². The molecule has 1 atom stereocenters. The lowest BCUT2D eigenvalue weighted by atomic mass is 10.1. The van der Waals surface area contributed by atoms with E-state index in [-0.39, 0.29) is 0 Å². The van der Waals surface area contributed by atoms with E-state index in [4.69, 9.17) is 5.26 Å². The van der Waals surface area contributed by atoms with Gasteiger partial charge in [-0.25, -0.2) is 0 Å². The highest BCUT2D eigenvalue weighted by atomic mass is 32.2. The van der Waals surface area contributed by atoms with Crippen molar-refractivity contribution in [1.29, 1.82) is 5.26 Å². The summed E-state index contributed by atoms with van der Waals surface area (Å²) in [6, 6.07) is 10.3. The maximum atomic E-state index is 8.88. The zero-order valence-electron chi connectivity index (χ0n) is 10.4. The minimum absolute atomic E-state index is 0.313. The first-order chi connectivity index (χ1) is 8.19. The molecule has 1 aromatic carbocycles. The van der Waals surface area contributed by atoms with Crippen LogP contribution in [0.4, 0.5) is 0 Å². The predicted molar refractivity (Wildman–Crippen MR) is 73.1 cm³/mol. The number of nitriles is 1. The van der Waals surface area contributed by atoms with Gasteiger partial charge in [-0.2, -0.15) is 17.0 Å². The van der Waals surface area contributed by atoms with Crippen LogP contribution in [0.25, 0.3) is 0 Å². The minimum Gasteiger partial charge on any atom is -0.309 e. The highest BCUT2D eigenvalue weighted by molar-refractivity contribution is 8.00. The van der Waals surface area contributed by atoms with Gasteiger partial charge in [-0.15, -0.1) is 0 Å². The van der Waals surface area contributed by atoms with Gasteiger partial charge in [0.2, 0.25) is 0 Å². The molecule has 0 spiro atoms. The van der Waals surface area contributed by atoms with Gasteiger partial charge < -0.3 is 5.32 Å². The van der Waals surface area contributed by atoms with Crippen molar-refractivity contribution in [2.45, 2.75) is 30.6 Å². The Morgan fingerprint density at radius 2 is 2.29 bits per heavy atom. The lowest BCUT2D eigenvalue weighted by Gasteiger charge is -2.19. The summed E-state index contributed by atoms with van der Waals surface area (Å²) >= 11 is 1.97. The average Bonchev–Trinajstić information content (AvgIpc) is 3.17. The molecule has 0 heterocycles. The molecule has 2 nitrogen and oxygen atoms in total. The van der Waals surface area contributed by atoms with Crippen molar-refractivity contribution in [3.05, 3.63) is 35.4 Å². The SMILES string of the molecule is CSC1(CNC(C)c2cccc(C#N)c2)CC1. The molecular weight excluding hydrogens is 228 g/mol. The van der Waals surface area contributed by atoms with E-state index in [1.54, 1.807) is 0 Å². The molecule has 0 amide bonds. The van der Waals surface area contributed by atoms with Crippen molar-refractivity contribution in [3.63, 3.8) is 0 Å². The predicted octanol–water partition coefficient (Wildman–Crippen LogP) is 3.10. The second-order valence-corrected chi connectivity index (χ2v) is 6.00. The molecule has 2 rings (SSSR count). The average molecular weight is 246 g/mol. The van der Waals surface area contributed by atoms with E-state index in [9.17, 15) is 0 Å². The molecule has 1 N–H and O–H groups in total. The summed E-state index contributed by atoms with van der Waals surface area (Å²) in [5.41, 5.74) is 1.93. The van der Waals surface area contributed by atoms with Gasteiger partial charge in [0.15, 0.2) is 0 Å². The monoisotopic (exact) mass is 246 g/mol. The van der Waals surface area contributed by atoms with Crippen molar-refractivity contribution in [2.75, 3.05) is 12.8 Å². The van der Waals surface area contributed by atoms with Crippen LogP contribution in [-0.2, 0) is 0 Å². The van der Waals surface area contributed by atoms with Gasteiger partial charge in [-0.05, 0) is 43.7 Å². The molecule has 1 unspecified atom stereocenters. The zero-order valence-corrected chi connectivity index (χ0v) is 11.2. The molecule has 1 aromatic rings. The summed E-state index contributed by atoms with van der Waals surface area (Å²) in [5, 5.41) is 12.5. The molecule has 1 aliphatic rings. The Balaban J connectivity index is 1.95. The van der Waals surface area contributed by atoms with Crippen molar-refractivity contribution in [2.24, 2.45) is 0 Å². The Hall–Kier alpha value is -0.980. The van der Waals surface area contributed by atoms with Crippen LogP contribution in [0, 0.1) is 11.3 Å². The van der Waals surface area contributed by atoms with Gasteiger partial charge in [-0.3, -0.25) is 0 Å². The van der Waals surface area contributed by atoms with Crippen LogP contribution < -0.4 is 5.32 Å². The molecule has 0 bridgehead atoms. The van der Waals surface area contributed by atoms with Gasteiger partial charge >= 0.3 is 0 Å². The summed E-state index contributed by atoms with van der Waals surface area (Å²) in [5.74, 6) is 0. The summed E-state index contributed by atoms with van der Waals surface area (Å²) < 4.78 is 0.487. The van der Waals surface area contributed by atoms with E-state index in [0.29, 0.717) is 10.8 Å². The number of thioether (sulfide) groups is 1. The number of rotatable bonds is 5. The van der Waals surface area contributed by atoms with Gasteiger partial charge in [0.05, 0.1) is 11.6 Å². The van der Waals surface area contributed by atoms with Crippen LogP contribution in [-0.4, -0.2) is 17.5 Å². The third kappa shape index (κ3) is 3.02. The molecule has 0 radical (unpaired) electrons. The van der Waals surface area contributed by atoms with E-state index in [0.717, 1.165) is 12.1 Å². The molecule has 17 heavy (non-hydrogen) atoms. The van der Waals surface area contributed by atoms with Gasteiger partial charge in [-0.1, -0.05) is 12.1 Å². The van der Waals surface area contributed by atoms with Crippen LogP contribution in [0.15, 0.2) is 24.3 Å². The first-order valence-corrected chi connectivity index (χ1v) is 7.20. The standard InChI is InChI=1S/C14H18N2S/c1-11(16-10-14(17-2)6-7-14)13-5-3-4-12(8-13)9-15/h3-5,8,11,16H,6-7,10H2,1-2H3. The van der Waals surface area contributed by atoms with Crippen LogP contribution in [0.3, 0.4) is 0 Å². The Morgan fingerprint density at radius 3 is 2.88 bits per heavy atom. The molecule has 3 heteroatoms. The summed E-state index contributed by atoms with van der Waals surface area (Å²) in [6.07, 6.45) is 4.84. The smallest absolute Gasteiger partial charge is 0.0991 e. The largest absolute Gasteiger partial charge is 0.309 e. The lowest BCUT2D eigenvalue weighted by molar-refractivity contribution is 0.563. The van der Waals surface area contributed by atoms with E-state index < -0.39 is 0 Å². The van der Waals surface area contributed by atoms with Crippen LogP contribution >= 0.6 is 11.8 Å². The number of nitrogens with zero attached hydrogens (tertiary/aromatic N) is 1. The number of hydrogen-bond donors (Lipinski definition) is 1. The molecule has 0 aromatic heterocycles. The van der Waals surface area contributed by atoms with E-state index in [1.807, 2.05) is 30.0 Å². The lowest BCUT2D eigenvalue weighted by Crippen LogP contribution is -2.28. The fourth-order valence-corrected chi connectivity index (χ4v) is 2.66. The van der Waals surface area contributed by atoms with Gasteiger partial charge in [0.1, 0.15) is 0 Å². The highest BCUT2D eigenvalue weighted by Gasteiger charge is 2.41. The van der Waals surface area contributed by atoms with E-state index in [2.05, 4.69) is 30.6 Å². The molecule has 1 saturated carbocycles. The zero-order chi connectivity index (χ0) is 12.3. The molecule has 0 saturated heterocycles. The second-order valence-electron chi connectivity index (χ2n) is 4.73. The quantitative estimate of drug-likeness (QED) is 0.867. The minimum atomic E-state index is 0.313. The van der Waals surface area contributed by atoms with Crippen LogP contribution in [0.1, 0.15) is 36.9 Å². The first kappa shape index (κ1) is 12.5. The van der Waals surface area contributed by atoms with Crippen molar-refractivity contribution >= 4 is 11.8 Å². The number of hydrogen-bond acceptors (Lipinski definition) is 3. The summed E-state index contributed by atoms with van der Waals surface area (Å²) in [4.78, 5) is 0. The maximum Gasteiger partial charge on any atom is 0.0991 e. The molecule has 1 aliphatic carbocycles. The summed E-state index contributed by atoms with van der Waals surface area (Å²) in [7, 11) is 0. The topological polar surface area (TPSA) is 35.8 Å². The normalized spacial score (nSPS) is 18.4. The third-order valence-electron chi connectivity index (χ3n) is 3.49. The number of benzene rings is 1. The van der Waals surface area contributed by atoms with E-state index in [1.165, 1.54) is 18.4 Å². The van der Waals surface area contributed by atoms with E-state index >= 15 is 0 Å². The molecule has 0 aliphatic heterocycles. The Kier molecular flexibility index (Phi) is 3.76. The molecule has 1 fully saturated rings. The first-order valence-electron chi connectivity index (χ1n) is 5.98. The molecular formula is C14H18N2S. The van der Waals surface area contributed by atoms with Crippen LogP contribution in [0.2, 0.25) is 0 Å². The number of nitrogens with one attached hydrogen (secondary N) is 1.